The van der Waals surface area contributed by atoms with Gasteiger partial charge in [0.15, 0.2) is 0 Å². The third kappa shape index (κ3) is 7.82. The molecule has 0 spiro atoms. The van der Waals surface area contributed by atoms with E-state index in [9.17, 15) is 18.0 Å². The Morgan fingerprint density at radius 3 is 2.33 bits per heavy atom. The maximum absolute atomic E-state index is 12.0. The van der Waals surface area contributed by atoms with Gasteiger partial charge in [-0.1, -0.05) is 19.9 Å². The van der Waals surface area contributed by atoms with Gasteiger partial charge in [-0.15, -0.1) is 0 Å². The lowest BCUT2D eigenvalue weighted by molar-refractivity contribution is -0.120. The number of amides is 3. The molecule has 0 aliphatic rings. The number of urea groups is 1. The molecule has 0 aromatic heterocycles. The molecule has 134 valence electrons. The monoisotopic (exact) mass is 356 g/mol. The summed E-state index contributed by atoms with van der Waals surface area (Å²) in [7, 11) is -3.38. The number of hydrogen-bond donors (Lipinski definition) is 4. The molecule has 0 aliphatic carbocycles. The Hall–Kier alpha value is -2.29. The summed E-state index contributed by atoms with van der Waals surface area (Å²) in [6.07, 6.45) is 1.05. The molecule has 9 heteroatoms. The number of nitrogens with one attached hydrogen (secondary N) is 4. The molecule has 4 N–H and O–H groups in total. The molecule has 0 aliphatic heterocycles. The fourth-order valence-corrected chi connectivity index (χ4v) is 2.32. The summed E-state index contributed by atoms with van der Waals surface area (Å²) in [5.74, 6) is -0.204. The molecule has 1 atom stereocenters. The van der Waals surface area contributed by atoms with Crippen molar-refractivity contribution in [3.8, 4) is 0 Å². The standard InChI is InChI=1S/C15H24N4O4S/c1-10(2)9-16-15(21)18-14(20)11(3)17-12-6-5-7-13(8-12)19-24(4,22)23/h5-8,10-11,17,19H,9H2,1-4H3,(H2,16,18,20,21). The summed E-state index contributed by atoms with van der Waals surface area (Å²) in [5, 5.41) is 7.75. The fraction of sp³-hybridized carbons (Fsp3) is 0.467. The van der Waals surface area contributed by atoms with Gasteiger partial charge in [0.05, 0.1) is 11.9 Å². The maximum atomic E-state index is 12.0. The molecule has 0 fully saturated rings. The number of carbonyl (C=O) groups is 2. The van der Waals surface area contributed by atoms with Crippen LogP contribution >= 0.6 is 0 Å². The zero-order valence-corrected chi connectivity index (χ0v) is 15.0. The molecular formula is C15H24N4O4S. The summed E-state index contributed by atoms with van der Waals surface area (Å²) in [4.78, 5) is 23.5. The molecule has 1 aromatic rings. The predicted octanol–water partition coefficient (Wildman–Crippen LogP) is 1.34. The van der Waals surface area contributed by atoms with Gasteiger partial charge in [-0.2, -0.15) is 0 Å². The lowest BCUT2D eigenvalue weighted by Crippen LogP contribution is -2.46. The normalized spacial score (nSPS) is 12.4. The molecule has 0 bridgehead atoms. The minimum atomic E-state index is -3.38. The third-order valence-electron chi connectivity index (χ3n) is 2.85. The van der Waals surface area contributed by atoms with E-state index in [1.807, 2.05) is 13.8 Å². The first kappa shape index (κ1) is 19.8. The average molecular weight is 356 g/mol. The van der Waals surface area contributed by atoms with Gasteiger partial charge >= 0.3 is 6.03 Å². The SMILES string of the molecule is CC(C)CNC(=O)NC(=O)C(C)Nc1cccc(NS(C)(=O)=O)c1. The van der Waals surface area contributed by atoms with Crippen molar-refractivity contribution in [1.29, 1.82) is 0 Å². The van der Waals surface area contributed by atoms with Crippen LogP contribution in [0.15, 0.2) is 24.3 Å². The van der Waals surface area contributed by atoms with E-state index in [0.29, 0.717) is 17.9 Å². The third-order valence-corrected chi connectivity index (χ3v) is 3.46. The van der Waals surface area contributed by atoms with Crippen LogP contribution in [0.5, 0.6) is 0 Å². The molecule has 0 radical (unpaired) electrons. The molecular weight excluding hydrogens is 332 g/mol. The van der Waals surface area contributed by atoms with Crippen LogP contribution in [0.25, 0.3) is 0 Å². The lowest BCUT2D eigenvalue weighted by Gasteiger charge is -2.16. The summed E-state index contributed by atoms with van der Waals surface area (Å²) in [6.45, 7) is 5.97. The van der Waals surface area contributed by atoms with Crippen molar-refractivity contribution in [3.63, 3.8) is 0 Å². The number of rotatable bonds is 7. The van der Waals surface area contributed by atoms with Crippen LogP contribution in [-0.2, 0) is 14.8 Å². The van der Waals surface area contributed by atoms with Gasteiger partial charge in [0.1, 0.15) is 6.04 Å². The van der Waals surface area contributed by atoms with E-state index < -0.39 is 28.0 Å². The van der Waals surface area contributed by atoms with Crippen molar-refractivity contribution in [3.05, 3.63) is 24.3 Å². The highest BCUT2D eigenvalue weighted by Gasteiger charge is 2.16. The molecule has 1 rings (SSSR count). The average Bonchev–Trinajstić information content (AvgIpc) is 2.43. The van der Waals surface area contributed by atoms with Crippen molar-refractivity contribution in [2.45, 2.75) is 26.8 Å². The molecule has 3 amide bonds. The zero-order chi connectivity index (χ0) is 18.3. The molecule has 24 heavy (non-hydrogen) atoms. The van der Waals surface area contributed by atoms with Crippen LogP contribution in [-0.4, -0.2) is 39.2 Å². The second-order valence-electron chi connectivity index (χ2n) is 5.91. The van der Waals surface area contributed by atoms with Crippen LogP contribution in [0.3, 0.4) is 0 Å². The Morgan fingerprint density at radius 2 is 1.75 bits per heavy atom. The van der Waals surface area contributed by atoms with Crippen molar-refractivity contribution in [2.24, 2.45) is 5.92 Å². The highest BCUT2D eigenvalue weighted by atomic mass is 32.2. The molecule has 0 heterocycles. The Labute approximate surface area is 142 Å². The number of sulfonamides is 1. The smallest absolute Gasteiger partial charge is 0.321 e. The number of imide groups is 1. The first-order valence-electron chi connectivity index (χ1n) is 7.50. The van der Waals surface area contributed by atoms with Gasteiger partial charge < -0.3 is 10.6 Å². The van der Waals surface area contributed by atoms with Crippen molar-refractivity contribution >= 4 is 33.3 Å². The van der Waals surface area contributed by atoms with Crippen molar-refractivity contribution in [2.75, 3.05) is 22.8 Å². The number of hydrogen-bond acceptors (Lipinski definition) is 5. The maximum Gasteiger partial charge on any atom is 0.321 e. The van der Waals surface area contributed by atoms with E-state index in [1.165, 1.54) is 0 Å². The summed E-state index contributed by atoms with van der Waals surface area (Å²) in [6, 6.07) is 5.27. The first-order chi connectivity index (χ1) is 11.1. The molecule has 0 saturated carbocycles. The van der Waals surface area contributed by atoms with E-state index >= 15 is 0 Å². The highest BCUT2D eigenvalue weighted by molar-refractivity contribution is 7.92. The second-order valence-corrected chi connectivity index (χ2v) is 7.66. The molecule has 8 nitrogen and oxygen atoms in total. The van der Waals surface area contributed by atoms with E-state index in [-0.39, 0.29) is 5.92 Å². The van der Waals surface area contributed by atoms with Crippen molar-refractivity contribution in [1.82, 2.24) is 10.6 Å². The van der Waals surface area contributed by atoms with Crippen LogP contribution in [0.1, 0.15) is 20.8 Å². The fourth-order valence-electron chi connectivity index (χ4n) is 1.76. The second kappa shape index (κ2) is 8.53. The first-order valence-corrected chi connectivity index (χ1v) is 9.39. The van der Waals surface area contributed by atoms with Gasteiger partial charge in [0.2, 0.25) is 15.9 Å². The van der Waals surface area contributed by atoms with Gasteiger partial charge in [-0.25, -0.2) is 13.2 Å². The van der Waals surface area contributed by atoms with Gasteiger partial charge in [0, 0.05) is 12.2 Å². The lowest BCUT2D eigenvalue weighted by atomic mass is 10.2. The predicted molar refractivity (Wildman–Crippen MR) is 94.4 cm³/mol. The van der Waals surface area contributed by atoms with Gasteiger partial charge in [-0.05, 0) is 31.0 Å². The molecule has 1 aromatic carbocycles. The van der Waals surface area contributed by atoms with E-state index in [4.69, 9.17) is 0 Å². The van der Waals surface area contributed by atoms with E-state index in [0.717, 1.165) is 6.26 Å². The summed E-state index contributed by atoms with van der Waals surface area (Å²) >= 11 is 0. The zero-order valence-electron chi connectivity index (χ0n) is 14.2. The van der Waals surface area contributed by atoms with E-state index in [1.54, 1.807) is 31.2 Å². The molecule has 0 saturated heterocycles. The van der Waals surface area contributed by atoms with Gasteiger partial charge in [0.25, 0.3) is 0 Å². The summed E-state index contributed by atoms with van der Waals surface area (Å²) < 4.78 is 24.8. The highest BCUT2D eigenvalue weighted by Crippen LogP contribution is 2.16. The number of benzene rings is 1. The Morgan fingerprint density at radius 1 is 1.12 bits per heavy atom. The van der Waals surface area contributed by atoms with Crippen LogP contribution < -0.4 is 20.7 Å². The Bertz CT molecular complexity index is 688. The quantitative estimate of drug-likeness (QED) is 0.588. The Balaban J connectivity index is 2.60. The Kier molecular flexibility index (Phi) is 7.02. The van der Waals surface area contributed by atoms with Crippen LogP contribution in [0, 0.1) is 5.92 Å². The minimum absolute atomic E-state index is 0.284. The largest absolute Gasteiger partial charge is 0.374 e. The molecule has 1 unspecified atom stereocenters. The topological polar surface area (TPSA) is 116 Å². The van der Waals surface area contributed by atoms with E-state index in [2.05, 4.69) is 20.7 Å². The van der Waals surface area contributed by atoms with Crippen LogP contribution in [0.2, 0.25) is 0 Å². The van der Waals surface area contributed by atoms with Crippen LogP contribution in [0.4, 0.5) is 16.2 Å². The van der Waals surface area contributed by atoms with Crippen molar-refractivity contribution < 1.29 is 18.0 Å². The number of anilines is 2. The minimum Gasteiger partial charge on any atom is -0.374 e. The van der Waals surface area contributed by atoms with Gasteiger partial charge in [-0.3, -0.25) is 14.8 Å². The summed E-state index contributed by atoms with van der Waals surface area (Å²) in [5.41, 5.74) is 0.929. The number of carbonyl (C=O) groups excluding carboxylic acids is 2.